The minimum atomic E-state index is 1.08. The molecule has 0 saturated heterocycles. The minimum Gasteiger partial charge on any atom is -0.253 e. The van der Waals surface area contributed by atoms with Crippen LogP contribution in [0.3, 0.4) is 0 Å². The van der Waals surface area contributed by atoms with Gasteiger partial charge >= 0.3 is 0 Å². The molecule has 19 heavy (non-hydrogen) atoms. The van der Waals surface area contributed by atoms with Gasteiger partial charge in [0.2, 0.25) is 0 Å². The first kappa shape index (κ1) is 14.0. The molecule has 1 aromatic heterocycles. The normalized spacial score (nSPS) is 11.1. The Bertz CT molecular complexity index is 543. The number of aromatic nitrogens is 1. The van der Waals surface area contributed by atoms with Gasteiger partial charge in [0.1, 0.15) is 0 Å². The zero-order chi connectivity index (χ0) is 13.7. The molecule has 0 aliphatic rings. The van der Waals surface area contributed by atoms with E-state index < -0.39 is 0 Å². The van der Waals surface area contributed by atoms with E-state index in [1.807, 2.05) is 0 Å². The van der Waals surface area contributed by atoms with Crippen LogP contribution in [0.1, 0.15) is 56.9 Å². The standard InChI is InChI=1S/C18H25N/c1-4-7-9-14-10-11-18-16(12-14)13-15(6-3)17(19-18)8-5-2/h10-13H,4-9H2,1-3H3. The van der Waals surface area contributed by atoms with Crippen LogP contribution in [-0.4, -0.2) is 4.98 Å². The SMILES string of the molecule is CCCCc1ccc2nc(CCC)c(CC)cc2c1. The molecule has 0 spiro atoms. The highest BCUT2D eigenvalue weighted by Gasteiger charge is 2.05. The molecule has 0 N–H and O–H groups in total. The number of pyridine rings is 1. The lowest BCUT2D eigenvalue weighted by molar-refractivity contribution is 0.795. The van der Waals surface area contributed by atoms with Crippen molar-refractivity contribution in [2.24, 2.45) is 0 Å². The zero-order valence-electron chi connectivity index (χ0n) is 12.5. The van der Waals surface area contributed by atoms with Gasteiger partial charge in [-0.1, -0.05) is 39.7 Å². The third-order valence-corrected chi connectivity index (χ3v) is 3.73. The number of unbranched alkanes of at least 4 members (excludes halogenated alkanes) is 1. The summed E-state index contributed by atoms with van der Waals surface area (Å²) in [6.07, 6.45) is 7.05. The molecule has 2 aromatic rings. The van der Waals surface area contributed by atoms with Crippen molar-refractivity contribution in [3.05, 3.63) is 41.1 Å². The first-order valence-electron chi connectivity index (χ1n) is 7.69. The maximum atomic E-state index is 4.86. The van der Waals surface area contributed by atoms with Crippen molar-refractivity contribution in [2.75, 3.05) is 0 Å². The van der Waals surface area contributed by atoms with Crippen molar-refractivity contribution in [3.63, 3.8) is 0 Å². The van der Waals surface area contributed by atoms with Gasteiger partial charge in [-0.25, -0.2) is 0 Å². The van der Waals surface area contributed by atoms with Crippen LogP contribution in [0.25, 0.3) is 10.9 Å². The fourth-order valence-corrected chi connectivity index (χ4v) is 2.61. The molecule has 0 bridgehead atoms. The van der Waals surface area contributed by atoms with E-state index in [1.54, 1.807) is 0 Å². The number of benzene rings is 1. The van der Waals surface area contributed by atoms with Crippen LogP contribution in [0.5, 0.6) is 0 Å². The highest BCUT2D eigenvalue weighted by molar-refractivity contribution is 5.80. The van der Waals surface area contributed by atoms with Crippen molar-refractivity contribution in [2.45, 2.75) is 59.3 Å². The van der Waals surface area contributed by atoms with Crippen LogP contribution in [-0.2, 0) is 19.3 Å². The molecular weight excluding hydrogens is 230 g/mol. The quantitative estimate of drug-likeness (QED) is 0.700. The van der Waals surface area contributed by atoms with E-state index in [2.05, 4.69) is 45.0 Å². The van der Waals surface area contributed by atoms with Crippen molar-refractivity contribution in [1.82, 2.24) is 4.98 Å². The Kier molecular flexibility index (Phi) is 4.95. The van der Waals surface area contributed by atoms with E-state index in [-0.39, 0.29) is 0 Å². The summed E-state index contributed by atoms with van der Waals surface area (Å²) in [4.78, 5) is 4.86. The molecule has 1 aromatic carbocycles. The summed E-state index contributed by atoms with van der Waals surface area (Å²) in [7, 11) is 0. The van der Waals surface area contributed by atoms with Gasteiger partial charge < -0.3 is 0 Å². The van der Waals surface area contributed by atoms with Crippen LogP contribution < -0.4 is 0 Å². The van der Waals surface area contributed by atoms with Gasteiger partial charge in [0.25, 0.3) is 0 Å². The van der Waals surface area contributed by atoms with Crippen molar-refractivity contribution >= 4 is 10.9 Å². The molecule has 0 unspecified atom stereocenters. The molecule has 2 rings (SSSR count). The van der Waals surface area contributed by atoms with E-state index in [1.165, 1.54) is 47.9 Å². The van der Waals surface area contributed by atoms with Gasteiger partial charge in [0.15, 0.2) is 0 Å². The van der Waals surface area contributed by atoms with Gasteiger partial charge in [-0.15, -0.1) is 0 Å². The average molecular weight is 255 g/mol. The van der Waals surface area contributed by atoms with Crippen LogP contribution >= 0.6 is 0 Å². The summed E-state index contributed by atoms with van der Waals surface area (Å²) >= 11 is 0. The number of fused-ring (bicyclic) bond motifs is 1. The third-order valence-electron chi connectivity index (χ3n) is 3.73. The lowest BCUT2D eigenvalue weighted by atomic mass is 10.0. The highest BCUT2D eigenvalue weighted by Crippen LogP contribution is 2.21. The van der Waals surface area contributed by atoms with Crippen LogP contribution in [0.2, 0.25) is 0 Å². The Hall–Kier alpha value is -1.37. The molecule has 102 valence electrons. The Morgan fingerprint density at radius 2 is 1.79 bits per heavy atom. The largest absolute Gasteiger partial charge is 0.253 e. The number of aryl methyl sites for hydroxylation is 3. The highest BCUT2D eigenvalue weighted by atomic mass is 14.7. The Balaban J connectivity index is 2.39. The van der Waals surface area contributed by atoms with Crippen molar-refractivity contribution in [1.29, 1.82) is 0 Å². The Labute approximate surface area is 117 Å². The van der Waals surface area contributed by atoms with E-state index in [0.717, 1.165) is 18.4 Å². The molecule has 0 fully saturated rings. The van der Waals surface area contributed by atoms with E-state index in [4.69, 9.17) is 4.98 Å². The summed E-state index contributed by atoms with van der Waals surface area (Å²) in [6.45, 7) is 6.69. The zero-order valence-corrected chi connectivity index (χ0v) is 12.5. The molecule has 0 aliphatic carbocycles. The fraction of sp³-hybridized carbons (Fsp3) is 0.500. The van der Waals surface area contributed by atoms with Gasteiger partial charge in [0, 0.05) is 11.1 Å². The van der Waals surface area contributed by atoms with Crippen LogP contribution in [0, 0.1) is 0 Å². The molecule has 0 amide bonds. The molecule has 1 heterocycles. The first-order valence-corrected chi connectivity index (χ1v) is 7.69. The predicted molar refractivity (Wildman–Crippen MR) is 83.7 cm³/mol. The molecule has 0 atom stereocenters. The van der Waals surface area contributed by atoms with E-state index in [9.17, 15) is 0 Å². The monoisotopic (exact) mass is 255 g/mol. The first-order chi connectivity index (χ1) is 9.28. The molecule has 0 saturated carbocycles. The second-order valence-electron chi connectivity index (χ2n) is 5.33. The van der Waals surface area contributed by atoms with E-state index in [0.29, 0.717) is 0 Å². The maximum Gasteiger partial charge on any atom is 0.0705 e. The van der Waals surface area contributed by atoms with Gasteiger partial charge in [0.05, 0.1) is 5.52 Å². The predicted octanol–water partition coefficient (Wildman–Crippen LogP) is 5.09. The Morgan fingerprint density at radius 1 is 0.947 bits per heavy atom. The summed E-state index contributed by atoms with van der Waals surface area (Å²) in [5.74, 6) is 0. The summed E-state index contributed by atoms with van der Waals surface area (Å²) < 4.78 is 0. The summed E-state index contributed by atoms with van der Waals surface area (Å²) in [6, 6.07) is 9.11. The lowest BCUT2D eigenvalue weighted by Gasteiger charge is -2.09. The average Bonchev–Trinajstić information content (AvgIpc) is 2.44. The smallest absolute Gasteiger partial charge is 0.0705 e. The molecular formula is C18H25N. The van der Waals surface area contributed by atoms with Crippen molar-refractivity contribution < 1.29 is 0 Å². The second-order valence-corrected chi connectivity index (χ2v) is 5.33. The number of hydrogen-bond donors (Lipinski definition) is 0. The maximum absolute atomic E-state index is 4.86. The molecule has 0 aliphatic heterocycles. The van der Waals surface area contributed by atoms with Crippen LogP contribution in [0.15, 0.2) is 24.3 Å². The molecule has 0 radical (unpaired) electrons. The van der Waals surface area contributed by atoms with Gasteiger partial charge in [-0.2, -0.15) is 0 Å². The second kappa shape index (κ2) is 6.70. The third kappa shape index (κ3) is 3.34. The minimum absolute atomic E-state index is 1.08. The number of hydrogen-bond acceptors (Lipinski definition) is 1. The van der Waals surface area contributed by atoms with Crippen molar-refractivity contribution in [3.8, 4) is 0 Å². The fourth-order valence-electron chi connectivity index (χ4n) is 2.61. The Morgan fingerprint density at radius 3 is 2.47 bits per heavy atom. The van der Waals surface area contributed by atoms with Gasteiger partial charge in [-0.3, -0.25) is 4.98 Å². The van der Waals surface area contributed by atoms with Gasteiger partial charge in [-0.05, 0) is 55.0 Å². The lowest BCUT2D eigenvalue weighted by Crippen LogP contribution is -1.98. The molecule has 1 heteroatoms. The topological polar surface area (TPSA) is 12.9 Å². The summed E-state index contributed by atoms with van der Waals surface area (Å²) in [5, 5.41) is 1.31. The number of rotatable bonds is 6. The van der Waals surface area contributed by atoms with E-state index >= 15 is 0 Å². The summed E-state index contributed by atoms with van der Waals surface area (Å²) in [5.41, 5.74) is 5.31. The number of nitrogens with zero attached hydrogens (tertiary/aromatic N) is 1. The van der Waals surface area contributed by atoms with Crippen LogP contribution in [0.4, 0.5) is 0 Å². The molecule has 1 nitrogen and oxygen atoms in total.